The summed E-state index contributed by atoms with van der Waals surface area (Å²) in [6.45, 7) is 0. The molecule has 108 valence electrons. The van der Waals surface area contributed by atoms with E-state index in [1.807, 2.05) is 36.4 Å². The molecule has 0 unspecified atom stereocenters. The molecule has 0 aliphatic heterocycles. The van der Waals surface area contributed by atoms with Crippen molar-refractivity contribution in [3.8, 4) is 0 Å². The summed E-state index contributed by atoms with van der Waals surface area (Å²) in [5.74, 6) is -0.408. The van der Waals surface area contributed by atoms with Crippen molar-refractivity contribution in [2.75, 3.05) is 7.05 Å². The van der Waals surface area contributed by atoms with Gasteiger partial charge in [-0.1, -0.05) is 54.6 Å². The molecule has 1 amide bonds. The Hall–Kier alpha value is -2.39. The fourth-order valence-electron chi connectivity index (χ4n) is 2.04. The van der Waals surface area contributed by atoms with Crippen LogP contribution in [0, 0.1) is 0 Å². The Morgan fingerprint density at radius 1 is 1.10 bits per heavy atom. The van der Waals surface area contributed by atoms with Crippen molar-refractivity contribution in [2.45, 2.75) is 12.8 Å². The largest absolute Gasteiger partial charge is 0.286 e. The third-order valence-corrected chi connectivity index (χ3v) is 3.20. The lowest BCUT2D eigenvalue weighted by molar-refractivity contribution is -0.0374. The van der Waals surface area contributed by atoms with Crippen molar-refractivity contribution in [1.82, 2.24) is 5.06 Å². The molecule has 21 heavy (non-hydrogen) atoms. The molecule has 0 spiro atoms. The van der Waals surface area contributed by atoms with Crippen LogP contribution < -0.4 is 0 Å². The molecule has 0 aliphatic rings. The quantitative estimate of drug-likeness (QED) is 0.669. The van der Waals surface area contributed by atoms with Crippen LogP contribution in [0.1, 0.15) is 27.9 Å². The molecule has 0 aromatic heterocycles. The monoisotopic (exact) mass is 281 g/mol. The second-order valence-electron chi connectivity index (χ2n) is 4.88. The summed E-state index contributed by atoms with van der Waals surface area (Å²) < 4.78 is 0. The van der Waals surface area contributed by atoms with Crippen molar-refractivity contribution in [2.24, 2.45) is 0 Å². The zero-order valence-electron chi connectivity index (χ0n) is 12.1. The normalized spacial score (nSPS) is 10.8. The number of rotatable bonds is 5. The van der Waals surface area contributed by atoms with Crippen molar-refractivity contribution in [1.29, 1.82) is 0 Å². The molecule has 3 nitrogen and oxygen atoms in total. The van der Waals surface area contributed by atoms with Gasteiger partial charge in [0, 0.05) is 12.6 Å². The second-order valence-corrected chi connectivity index (χ2v) is 4.88. The molecule has 0 fully saturated rings. The van der Waals surface area contributed by atoms with E-state index in [-0.39, 0.29) is 0 Å². The molecule has 0 saturated heterocycles. The van der Waals surface area contributed by atoms with E-state index in [1.165, 1.54) is 12.6 Å². The summed E-state index contributed by atoms with van der Waals surface area (Å²) in [6.07, 6.45) is 6.16. The smallest absolute Gasteiger partial charge is 0.276 e. The van der Waals surface area contributed by atoms with Crippen LogP contribution in [0.4, 0.5) is 0 Å². The molecule has 0 atom stereocenters. The maximum absolute atomic E-state index is 11.5. The molecule has 0 saturated carbocycles. The van der Waals surface area contributed by atoms with Crippen molar-refractivity contribution in [3.63, 3.8) is 0 Å². The van der Waals surface area contributed by atoms with E-state index >= 15 is 0 Å². The van der Waals surface area contributed by atoms with E-state index in [0.717, 1.165) is 18.4 Å². The van der Waals surface area contributed by atoms with Crippen LogP contribution in [0.2, 0.25) is 0 Å². The number of carbonyl (C=O) groups excluding carboxylic acids is 1. The Balaban J connectivity index is 1.88. The lowest BCUT2D eigenvalue weighted by Crippen LogP contribution is -2.22. The molecule has 0 bridgehead atoms. The highest BCUT2D eigenvalue weighted by Crippen LogP contribution is 2.09. The number of amides is 1. The first kappa shape index (κ1) is 15.0. The maximum atomic E-state index is 11.5. The molecular formula is C18H19NO2. The lowest BCUT2D eigenvalue weighted by atomic mass is 10.1. The summed E-state index contributed by atoms with van der Waals surface area (Å²) >= 11 is 0. The van der Waals surface area contributed by atoms with E-state index in [2.05, 4.69) is 18.2 Å². The highest BCUT2D eigenvalue weighted by molar-refractivity contribution is 5.93. The minimum atomic E-state index is -0.408. The third-order valence-electron chi connectivity index (χ3n) is 3.20. The van der Waals surface area contributed by atoms with Crippen LogP contribution in [0.15, 0.2) is 60.7 Å². The summed E-state index contributed by atoms with van der Waals surface area (Å²) in [4.78, 5) is 11.5. The van der Waals surface area contributed by atoms with Gasteiger partial charge < -0.3 is 0 Å². The Kier molecular flexibility index (Phi) is 5.29. The summed E-state index contributed by atoms with van der Waals surface area (Å²) in [5, 5.41) is 9.68. The van der Waals surface area contributed by atoms with Crippen molar-refractivity contribution in [3.05, 3.63) is 77.4 Å². The predicted molar refractivity (Wildman–Crippen MR) is 84.1 cm³/mol. The number of aryl methyl sites for hydroxylation is 1. The van der Waals surface area contributed by atoms with E-state index in [9.17, 15) is 4.79 Å². The van der Waals surface area contributed by atoms with E-state index in [1.54, 1.807) is 12.1 Å². The Bertz CT molecular complexity index is 601. The fourth-order valence-corrected chi connectivity index (χ4v) is 2.04. The van der Waals surface area contributed by atoms with Crippen LogP contribution in [0.5, 0.6) is 0 Å². The van der Waals surface area contributed by atoms with Crippen molar-refractivity contribution >= 4 is 12.0 Å². The minimum absolute atomic E-state index is 0.408. The van der Waals surface area contributed by atoms with Gasteiger partial charge in [-0.05, 0) is 36.1 Å². The van der Waals surface area contributed by atoms with Crippen LogP contribution >= 0.6 is 0 Å². The Morgan fingerprint density at radius 2 is 1.76 bits per heavy atom. The number of hydroxylamine groups is 2. The van der Waals surface area contributed by atoms with Gasteiger partial charge >= 0.3 is 0 Å². The molecule has 0 heterocycles. The van der Waals surface area contributed by atoms with Crippen LogP contribution in [-0.4, -0.2) is 23.2 Å². The SMILES string of the molecule is CN(O)C(=O)c1ccc(C=CCCc2ccccc2)cc1. The molecule has 2 aromatic rings. The fraction of sp³-hybridized carbons (Fsp3) is 0.167. The highest BCUT2D eigenvalue weighted by atomic mass is 16.5. The average molecular weight is 281 g/mol. The molecule has 0 radical (unpaired) electrons. The topological polar surface area (TPSA) is 40.5 Å². The molecule has 0 aliphatic carbocycles. The molecular weight excluding hydrogens is 262 g/mol. The van der Waals surface area contributed by atoms with E-state index < -0.39 is 5.91 Å². The van der Waals surface area contributed by atoms with Crippen LogP contribution in [-0.2, 0) is 6.42 Å². The first-order chi connectivity index (χ1) is 10.2. The van der Waals surface area contributed by atoms with Gasteiger partial charge in [-0.25, -0.2) is 5.06 Å². The summed E-state index contributed by atoms with van der Waals surface area (Å²) in [6, 6.07) is 17.5. The van der Waals surface area contributed by atoms with Crippen LogP contribution in [0.3, 0.4) is 0 Å². The predicted octanol–water partition coefficient (Wildman–Crippen LogP) is 3.79. The molecule has 2 rings (SSSR count). The van der Waals surface area contributed by atoms with Gasteiger partial charge in [0.1, 0.15) is 0 Å². The average Bonchev–Trinajstić information content (AvgIpc) is 2.52. The van der Waals surface area contributed by atoms with Gasteiger partial charge in [-0.3, -0.25) is 10.0 Å². The van der Waals surface area contributed by atoms with Gasteiger partial charge in [0.15, 0.2) is 0 Å². The standard InChI is InChI=1S/C18H19NO2/c1-19(21)18(20)17-13-11-16(12-14-17)10-6-5-9-15-7-3-2-4-8-15/h2-4,6-8,10-14,21H,5,9H2,1H3. The van der Waals surface area contributed by atoms with Gasteiger partial charge in [0.25, 0.3) is 5.91 Å². The first-order valence-corrected chi connectivity index (χ1v) is 6.94. The third kappa shape index (κ3) is 4.58. The lowest BCUT2D eigenvalue weighted by Gasteiger charge is -2.07. The summed E-state index contributed by atoms with van der Waals surface area (Å²) in [5.41, 5.74) is 2.84. The first-order valence-electron chi connectivity index (χ1n) is 6.94. The van der Waals surface area contributed by atoms with Gasteiger partial charge in [-0.15, -0.1) is 0 Å². The molecule has 3 heteroatoms. The van der Waals surface area contributed by atoms with E-state index in [4.69, 9.17) is 5.21 Å². The van der Waals surface area contributed by atoms with Gasteiger partial charge in [0.2, 0.25) is 0 Å². The molecule has 2 aromatic carbocycles. The number of nitrogens with zero attached hydrogens (tertiary/aromatic N) is 1. The Labute approximate surface area is 125 Å². The summed E-state index contributed by atoms with van der Waals surface area (Å²) in [7, 11) is 1.32. The zero-order valence-corrected chi connectivity index (χ0v) is 12.1. The number of hydrogen-bond donors (Lipinski definition) is 1. The maximum Gasteiger partial charge on any atom is 0.276 e. The number of benzene rings is 2. The number of allylic oxidation sites excluding steroid dienone is 1. The second kappa shape index (κ2) is 7.41. The number of carbonyl (C=O) groups is 1. The van der Waals surface area contributed by atoms with E-state index in [0.29, 0.717) is 10.6 Å². The van der Waals surface area contributed by atoms with Gasteiger partial charge in [-0.2, -0.15) is 0 Å². The van der Waals surface area contributed by atoms with Gasteiger partial charge in [0.05, 0.1) is 0 Å². The molecule has 1 N–H and O–H groups in total. The Morgan fingerprint density at radius 3 is 2.38 bits per heavy atom. The zero-order chi connectivity index (χ0) is 15.1. The highest BCUT2D eigenvalue weighted by Gasteiger charge is 2.07. The number of hydrogen-bond acceptors (Lipinski definition) is 2. The minimum Gasteiger partial charge on any atom is -0.286 e. The van der Waals surface area contributed by atoms with Crippen molar-refractivity contribution < 1.29 is 10.0 Å². The van der Waals surface area contributed by atoms with Crippen LogP contribution in [0.25, 0.3) is 6.08 Å².